The topological polar surface area (TPSA) is 47.6 Å². The lowest BCUT2D eigenvalue weighted by Gasteiger charge is -2.34. The third-order valence-electron chi connectivity index (χ3n) is 3.27. The summed E-state index contributed by atoms with van der Waals surface area (Å²) in [7, 11) is 0. The molecule has 0 saturated carbocycles. The molecule has 0 aliphatic carbocycles. The van der Waals surface area contributed by atoms with Crippen LogP contribution in [0.2, 0.25) is 0 Å². The molecule has 2 nitrogen and oxygen atoms in total. The van der Waals surface area contributed by atoms with Gasteiger partial charge in [-0.05, 0) is 19.4 Å². The van der Waals surface area contributed by atoms with Crippen LogP contribution >= 0.6 is 0 Å². The maximum Gasteiger partial charge on any atom is 0.153 e. The van der Waals surface area contributed by atoms with Crippen LogP contribution in [0, 0.1) is 28.1 Å². The normalized spacial score (nSPS) is 14.2. The zero-order chi connectivity index (χ0) is 12.2. The Morgan fingerprint density at radius 1 is 1.12 bits per heavy atom. The predicted octanol–water partition coefficient (Wildman–Crippen LogP) is 3.18. The molecule has 0 amide bonds. The summed E-state index contributed by atoms with van der Waals surface area (Å²) < 4.78 is 0. The van der Waals surface area contributed by atoms with Crippen LogP contribution in [0.4, 0.5) is 0 Å². The molecule has 0 fully saturated rings. The number of allylic oxidation sites excluding steroid dienone is 1. The Labute approximate surface area is 96.4 Å². The quantitative estimate of drug-likeness (QED) is 0.719. The minimum Gasteiger partial charge on any atom is -0.197 e. The lowest BCUT2D eigenvalue weighted by atomic mass is 9.63. The monoisotopic (exact) mass is 210 g/mol. The van der Waals surface area contributed by atoms with Crippen molar-refractivity contribution in [3.05, 3.63) is 48.6 Å². The van der Waals surface area contributed by atoms with Gasteiger partial charge in [0, 0.05) is 5.41 Å². The van der Waals surface area contributed by atoms with E-state index in [0.29, 0.717) is 0 Å². The summed E-state index contributed by atoms with van der Waals surface area (Å²) in [6.45, 7) is 7.27. The summed E-state index contributed by atoms with van der Waals surface area (Å²) in [6.07, 6.45) is 1.68. The molecule has 0 unspecified atom stereocenters. The van der Waals surface area contributed by atoms with Crippen LogP contribution in [0.15, 0.2) is 43.0 Å². The van der Waals surface area contributed by atoms with Gasteiger partial charge in [-0.1, -0.05) is 36.4 Å². The molecule has 0 saturated heterocycles. The fraction of sp³-hybridized carbons (Fsp3) is 0.286. The first-order valence-electron chi connectivity index (χ1n) is 5.05. The van der Waals surface area contributed by atoms with Crippen molar-refractivity contribution in [3.8, 4) is 12.1 Å². The number of benzene rings is 1. The number of rotatable bonds is 3. The first kappa shape index (κ1) is 12.0. The molecule has 1 aromatic carbocycles. The van der Waals surface area contributed by atoms with Crippen molar-refractivity contribution in [1.29, 1.82) is 10.5 Å². The predicted molar refractivity (Wildman–Crippen MR) is 63.3 cm³/mol. The second kappa shape index (κ2) is 4.21. The van der Waals surface area contributed by atoms with E-state index in [1.54, 1.807) is 13.0 Å². The van der Waals surface area contributed by atoms with Gasteiger partial charge >= 0.3 is 0 Å². The van der Waals surface area contributed by atoms with Crippen molar-refractivity contribution in [3.63, 3.8) is 0 Å². The maximum atomic E-state index is 9.19. The van der Waals surface area contributed by atoms with Gasteiger partial charge in [0.15, 0.2) is 5.41 Å². The fourth-order valence-electron chi connectivity index (χ4n) is 1.65. The van der Waals surface area contributed by atoms with Gasteiger partial charge in [-0.2, -0.15) is 10.5 Å². The average molecular weight is 210 g/mol. The summed E-state index contributed by atoms with van der Waals surface area (Å²) in [5, 5.41) is 18.4. The van der Waals surface area contributed by atoms with E-state index in [1.807, 2.05) is 37.3 Å². The van der Waals surface area contributed by atoms with Crippen LogP contribution in [0.1, 0.15) is 19.4 Å². The second-order valence-corrected chi connectivity index (χ2v) is 4.12. The number of hydrogen-bond acceptors (Lipinski definition) is 2. The van der Waals surface area contributed by atoms with Crippen molar-refractivity contribution in [2.75, 3.05) is 0 Å². The first-order chi connectivity index (χ1) is 7.54. The van der Waals surface area contributed by atoms with Gasteiger partial charge < -0.3 is 0 Å². The maximum absolute atomic E-state index is 9.19. The van der Waals surface area contributed by atoms with Crippen LogP contribution in [-0.2, 0) is 5.41 Å². The highest BCUT2D eigenvalue weighted by atomic mass is 14.5. The Kier molecular flexibility index (Phi) is 3.16. The number of hydrogen-bond donors (Lipinski definition) is 0. The second-order valence-electron chi connectivity index (χ2n) is 4.12. The molecule has 2 heteroatoms. The molecule has 0 spiro atoms. The van der Waals surface area contributed by atoms with Gasteiger partial charge in [-0.25, -0.2) is 0 Å². The van der Waals surface area contributed by atoms with Crippen LogP contribution in [-0.4, -0.2) is 0 Å². The summed E-state index contributed by atoms with van der Waals surface area (Å²) in [5.41, 5.74) is -0.857. The molecule has 1 rings (SSSR count). The summed E-state index contributed by atoms with van der Waals surface area (Å²) >= 11 is 0. The minimum absolute atomic E-state index is 0.669. The van der Waals surface area contributed by atoms with Gasteiger partial charge in [-0.15, -0.1) is 6.58 Å². The smallest absolute Gasteiger partial charge is 0.153 e. The third kappa shape index (κ3) is 1.59. The van der Waals surface area contributed by atoms with E-state index in [9.17, 15) is 10.5 Å². The van der Waals surface area contributed by atoms with Crippen LogP contribution < -0.4 is 0 Å². The first-order valence-corrected chi connectivity index (χ1v) is 5.05. The largest absolute Gasteiger partial charge is 0.197 e. The highest BCUT2D eigenvalue weighted by molar-refractivity contribution is 5.39. The molecule has 0 aromatic heterocycles. The summed E-state index contributed by atoms with van der Waals surface area (Å²) in [6, 6.07) is 13.7. The highest BCUT2D eigenvalue weighted by Crippen LogP contribution is 2.41. The van der Waals surface area contributed by atoms with E-state index in [1.165, 1.54) is 0 Å². The van der Waals surface area contributed by atoms with E-state index in [0.717, 1.165) is 5.56 Å². The molecule has 0 radical (unpaired) electrons. The van der Waals surface area contributed by atoms with Crippen molar-refractivity contribution in [2.45, 2.75) is 19.3 Å². The molecular weight excluding hydrogens is 196 g/mol. The van der Waals surface area contributed by atoms with Crippen molar-refractivity contribution in [1.82, 2.24) is 0 Å². The van der Waals surface area contributed by atoms with E-state index in [4.69, 9.17) is 0 Å². The van der Waals surface area contributed by atoms with Crippen molar-refractivity contribution < 1.29 is 0 Å². The van der Waals surface area contributed by atoms with Crippen LogP contribution in [0.25, 0.3) is 0 Å². The molecular formula is C14H14N2. The van der Waals surface area contributed by atoms with E-state index >= 15 is 0 Å². The Morgan fingerprint density at radius 2 is 1.62 bits per heavy atom. The Balaban J connectivity index is 3.42. The Hall–Kier alpha value is -2.06. The molecule has 0 aliphatic rings. The average Bonchev–Trinajstić information content (AvgIpc) is 2.37. The van der Waals surface area contributed by atoms with Crippen molar-refractivity contribution in [2.24, 2.45) is 5.41 Å². The van der Waals surface area contributed by atoms with E-state index in [-0.39, 0.29) is 0 Å². The molecule has 0 heterocycles. The van der Waals surface area contributed by atoms with Gasteiger partial charge in [0.05, 0.1) is 12.1 Å². The molecule has 80 valence electrons. The van der Waals surface area contributed by atoms with Gasteiger partial charge in [0.1, 0.15) is 0 Å². The lowest BCUT2D eigenvalue weighted by Crippen LogP contribution is -2.37. The molecule has 1 aromatic rings. The standard InChI is InChI=1S/C14H14N2/c1-4-14(3,13(2,10-15)11-16)12-8-6-5-7-9-12/h4-9H,1H2,2-3H3/t14-/m0/s1. The zero-order valence-electron chi connectivity index (χ0n) is 9.57. The molecule has 0 aliphatic heterocycles. The highest BCUT2D eigenvalue weighted by Gasteiger charge is 2.44. The zero-order valence-corrected chi connectivity index (χ0v) is 9.57. The van der Waals surface area contributed by atoms with Crippen molar-refractivity contribution >= 4 is 0 Å². The Bertz CT molecular complexity index is 448. The van der Waals surface area contributed by atoms with Gasteiger partial charge in [-0.3, -0.25) is 0 Å². The third-order valence-corrected chi connectivity index (χ3v) is 3.27. The fourth-order valence-corrected chi connectivity index (χ4v) is 1.65. The van der Waals surface area contributed by atoms with Gasteiger partial charge in [0.2, 0.25) is 0 Å². The Morgan fingerprint density at radius 3 is 2.00 bits per heavy atom. The summed E-state index contributed by atoms with van der Waals surface area (Å²) in [4.78, 5) is 0. The van der Waals surface area contributed by atoms with E-state index in [2.05, 4.69) is 18.7 Å². The van der Waals surface area contributed by atoms with Crippen LogP contribution in [0.5, 0.6) is 0 Å². The lowest BCUT2D eigenvalue weighted by molar-refractivity contribution is 0.374. The molecule has 0 N–H and O–H groups in total. The minimum atomic E-state index is -1.11. The van der Waals surface area contributed by atoms with E-state index < -0.39 is 10.8 Å². The molecule has 16 heavy (non-hydrogen) atoms. The molecule has 1 atom stereocenters. The number of nitrogens with zero attached hydrogens (tertiary/aromatic N) is 2. The molecule has 0 bridgehead atoms. The number of nitriles is 2. The van der Waals surface area contributed by atoms with Crippen LogP contribution in [0.3, 0.4) is 0 Å². The SMILES string of the molecule is C=C[C@@](C)(c1ccccc1)C(C)(C#N)C#N. The van der Waals surface area contributed by atoms with Gasteiger partial charge in [0.25, 0.3) is 0 Å². The summed E-state index contributed by atoms with van der Waals surface area (Å²) in [5.74, 6) is 0.